The molecule has 5 nitrogen and oxygen atoms in total. The summed E-state index contributed by atoms with van der Waals surface area (Å²) >= 11 is 0. The first-order valence-electron chi connectivity index (χ1n) is 9.12. The van der Waals surface area contributed by atoms with E-state index in [0.29, 0.717) is 5.56 Å². The molecule has 0 spiro atoms. The number of para-hydroxylation sites is 1. The molecule has 0 unspecified atom stereocenters. The van der Waals surface area contributed by atoms with Gasteiger partial charge in [0.05, 0.1) is 12.6 Å². The van der Waals surface area contributed by atoms with Gasteiger partial charge in [-0.15, -0.1) is 0 Å². The van der Waals surface area contributed by atoms with Gasteiger partial charge in [0.1, 0.15) is 0 Å². The lowest BCUT2D eigenvalue weighted by atomic mass is 9.96. The highest BCUT2D eigenvalue weighted by Gasteiger charge is 2.29. The van der Waals surface area contributed by atoms with Crippen LogP contribution in [0.4, 0.5) is 0 Å². The Morgan fingerprint density at radius 1 is 1.04 bits per heavy atom. The van der Waals surface area contributed by atoms with Crippen LogP contribution in [-0.2, 0) is 4.79 Å². The summed E-state index contributed by atoms with van der Waals surface area (Å²) in [5.41, 5.74) is 2.43. The van der Waals surface area contributed by atoms with Gasteiger partial charge < -0.3 is 10.3 Å². The van der Waals surface area contributed by atoms with E-state index < -0.39 is 6.04 Å². The Labute approximate surface area is 159 Å². The summed E-state index contributed by atoms with van der Waals surface area (Å²) in [6.07, 6.45) is 1.75. The summed E-state index contributed by atoms with van der Waals surface area (Å²) in [6, 6.07) is 16.9. The molecule has 0 aliphatic rings. The maximum Gasteiger partial charge on any atom is 0.234 e. The standard InChI is InChI=1S/C22H25N3O2/c1-15(2)24-20(26)14-25(3)21(16-9-5-4-6-10-16)22(27)18-13-23-19-12-8-7-11-17(18)19/h4-13,15,21,23H,14H2,1-3H3,(H,24,26)/t21-/m0/s1. The minimum absolute atomic E-state index is 0.0292. The van der Waals surface area contributed by atoms with Gasteiger partial charge in [-0.1, -0.05) is 48.5 Å². The van der Waals surface area contributed by atoms with Crippen molar-refractivity contribution in [3.63, 3.8) is 0 Å². The summed E-state index contributed by atoms with van der Waals surface area (Å²) < 4.78 is 0. The summed E-state index contributed by atoms with van der Waals surface area (Å²) in [7, 11) is 1.81. The van der Waals surface area contributed by atoms with Crippen molar-refractivity contribution in [1.29, 1.82) is 0 Å². The Morgan fingerprint density at radius 2 is 1.70 bits per heavy atom. The lowest BCUT2D eigenvalue weighted by molar-refractivity contribution is -0.122. The molecule has 3 aromatic rings. The van der Waals surface area contributed by atoms with Gasteiger partial charge in [-0.05, 0) is 32.5 Å². The number of carbonyl (C=O) groups is 2. The first-order valence-corrected chi connectivity index (χ1v) is 9.12. The van der Waals surface area contributed by atoms with Crippen LogP contribution >= 0.6 is 0 Å². The third-order valence-corrected chi connectivity index (χ3v) is 4.50. The number of likely N-dealkylation sites (N-methyl/N-ethyl adjacent to an activating group) is 1. The van der Waals surface area contributed by atoms with Gasteiger partial charge in [-0.3, -0.25) is 14.5 Å². The minimum atomic E-state index is -0.539. The Bertz CT molecular complexity index is 931. The van der Waals surface area contributed by atoms with E-state index in [0.717, 1.165) is 16.5 Å². The third-order valence-electron chi connectivity index (χ3n) is 4.50. The first kappa shape index (κ1) is 18.9. The highest BCUT2D eigenvalue weighted by atomic mass is 16.2. The molecule has 2 N–H and O–H groups in total. The molecular formula is C22H25N3O2. The first-order chi connectivity index (χ1) is 13.0. The number of nitrogens with one attached hydrogen (secondary N) is 2. The fourth-order valence-corrected chi connectivity index (χ4v) is 3.35. The molecule has 27 heavy (non-hydrogen) atoms. The van der Waals surface area contributed by atoms with Crippen LogP contribution in [0.25, 0.3) is 10.9 Å². The Kier molecular flexibility index (Phi) is 5.72. The number of aromatic nitrogens is 1. The number of aromatic amines is 1. The van der Waals surface area contributed by atoms with Gasteiger partial charge in [0.2, 0.25) is 5.91 Å². The largest absolute Gasteiger partial charge is 0.360 e. The fraction of sp³-hybridized carbons (Fsp3) is 0.273. The lowest BCUT2D eigenvalue weighted by Crippen LogP contribution is -2.41. The van der Waals surface area contributed by atoms with E-state index in [1.807, 2.05) is 75.5 Å². The van der Waals surface area contributed by atoms with Crippen LogP contribution in [0.5, 0.6) is 0 Å². The summed E-state index contributed by atoms with van der Waals surface area (Å²) in [6.45, 7) is 3.99. The van der Waals surface area contributed by atoms with Gasteiger partial charge >= 0.3 is 0 Å². The number of nitrogens with zero attached hydrogens (tertiary/aromatic N) is 1. The average molecular weight is 363 g/mol. The predicted molar refractivity (Wildman–Crippen MR) is 108 cm³/mol. The number of carbonyl (C=O) groups excluding carboxylic acids is 2. The molecule has 5 heteroatoms. The van der Waals surface area contributed by atoms with Crippen molar-refractivity contribution >= 4 is 22.6 Å². The van der Waals surface area contributed by atoms with Crippen LogP contribution < -0.4 is 5.32 Å². The molecule has 0 aliphatic heterocycles. The van der Waals surface area contributed by atoms with Crippen molar-refractivity contribution in [3.8, 4) is 0 Å². The molecule has 0 fully saturated rings. The van der Waals surface area contributed by atoms with Crippen LogP contribution in [0.1, 0.15) is 35.8 Å². The second-order valence-electron chi connectivity index (χ2n) is 7.06. The smallest absolute Gasteiger partial charge is 0.234 e. The van der Waals surface area contributed by atoms with E-state index >= 15 is 0 Å². The number of fused-ring (bicyclic) bond motifs is 1. The SMILES string of the molecule is CC(C)NC(=O)CN(C)[C@H](C(=O)c1c[nH]c2ccccc12)c1ccccc1. The minimum Gasteiger partial charge on any atom is -0.360 e. The Hall–Kier alpha value is -2.92. The van der Waals surface area contributed by atoms with Gasteiger partial charge in [0.15, 0.2) is 5.78 Å². The number of hydrogen-bond donors (Lipinski definition) is 2. The third kappa shape index (κ3) is 4.26. The van der Waals surface area contributed by atoms with Gasteiger partial charge in [0.25, 0.3) is 0 Å². The number of benzene rings is 2. The Balaban J connectivity index is 1.95. The van der Waals surface area contributed by atoms with Crippen molar-refractivity contribution in [2.75, 3.05) is 13.6 Å². The molecule has 0 aliphatic carbocycles. The molecule has 140 valence electrons. The number of hydrogen-bond acceptors (Lipinski definition) is 3. The van der Waals surface area contributed by atoms with Crippen LogP contribution in [-0.4, -0.2) is 41.2 Å². The van der Waals surface area contributed by atoms with E-state index in [4.69, 9.17) is 0 Å². The molecule has 1 aromatic heterocycles. The molecule has 0 saturated heterocycles. The van der Waals surface area contributed by atoms with E-state index in [1.165, 1.54) is 0 Å². The van der Waals surface area contributed by atoms with Gasteiger partial charge in [0, 0.05) is 28.7 Å². The number of rotatable bonds is 7. The maximum absolute atomic E-state index is 13.5. The summed E-state index contributed by atoms with van der Waals surface area (Å²) in [5.74, 6) is -0.126. The molecule has 0 radical (unpaired) electrons. The highest BCUT2D eigenvalue weighted by Crippen LogP contribution is 2.28. The van der Waals surface area contributed by atoms with Crippen LogP contribution in [0.15, 0.2) is 60.8 Å². The zero-order chi connectivity index (χ0) is 19.4. The second kappa shape index (κ2) is 8.18. The quantitative estimate of drug-likeness (QED) is 0.631. The van der Waals surface area contributed by atoms with Crippen LogP contribution in [0.3, 0.4) is 0 Å². The van der Waals surface area contributed by atoms with E-state index in [1.54, 1.807) is 11.1 Å². The molecule has 1 atom stereocenters. The molecular weight excluding hydrogens is 338 g/mol. The zero-order valence-electron chi connectivity index (χ0n) is 15.9. The van der Waals surface area contributed by atoms with E-state index in [-0.39, 0.29) is 24.3 Å². The molecule has 1 amide bonds. The van der Waals surface area contributed by atoms with Crippen molar-refractivity contribution in [3.05, 3.63) is 71.9 Å². The van der Waals surface area contributed by atoms with E-state index in [2.05, 4.69) is 10.3 Å². The van der Waals surface area contributed by atoms with Gasteiger partial charge in [-0.2, -0.15) is 0 Å². The predicted octanol–water partition coefficient (Wildman–Crippen LogP) is 3.55. The molecule has 0 bridgehead atoms. The number of ketones is 1. The van der Waals surface area contributed by atoms with Crippen molar-refractivity contribution in [1.82, 2.24) is 15.2 Å². The summed E-state index contributed by atoms with van der Waals surface area (Å²) in [4.78, 5) is 30.7. The van der Waals surface area contributed by atoms with Crippen molar-refractivity contribution in [2.24, 2.45) is 0 Å². The molecule has 2 aromatic carbocycles. The monoisotopic (exact) mass is 363 g/mol. The highest BCUT2D eigenvalue weighted by molar-refractivity contribution is 6.10. The number of amides is 1. The average Bonchev–Trinajstić information content (AvgIpc) is 3.06. The maximum atomic E-state index is 13.5. The van der Waals surface area contributed by atoms with Gasteiger partial charge in [-0.25, -0.2) is 0 Å². The number of H-pyrrole nitrogens is 1. The molecule has 1 heterocycles. The Morgan fingerprint density at radius 3 is 2.41 bits per heavy atom. The van der Waals surface area contributed by atoms with Crippen molar-refractivity contribution in [2.45, 2.75) is 25.9 Å². The normalized spacial score (nSPS) is 12.5. The molecule has 0 saturated carbocycles. The van der Waals surface area contributed by atoms with Crippen LogP contribution in [0.2, 0.25) is 0 Å². The molecule has 3 rings (SSSR count). The van der Waals surface area contributed by atoms with E-state index in [9.17, 15) is 9.59 Å². The summed E-state index contributed by atoms with van der Waals surface area (Å²) in [5, 5.41) is 3.78. The fourth-order valence-electron chi connectivity index (χ4n) is 3.35. The number of Topliss-reactive ketones (excluding diaryl/α,β-unsaturated/α-hetero) is 1. The zero-order valence-corrected chi connectivity index (χ0v) is 15.9. The lowest BCUT2D eigenvalue weighted by Gasteiger charge is -2.27. The van der Waals surface area contributed by atoms with Crippen molar-refractivity contribution < 1.29 is 9.59 Å². The second-order valence-corrected chi connectivity index (χ2v) is 7.06. The topological polar surface area (TPSA) is 65.2 Å². The van der Waals surface area contributed by atoms with Crippen LogP contribution in [0, 0.1) is 0 Å².